The molecule has 0 bridgehead atoms. The third kappa shape index (κ3) is 5.15. The first-order chi connectivity index (χ1) is 17.6. The Morgan fingerprint density at radius 3 is 2.27 bits per heavy atom. The third-order valence-electron chi connectivity index (χ3n) is 6.22. The first-order valence-electron chi connectivity index (χ1n) is 11.4. The smallest absolute Gasteiger partial charge is 0.410 e. The van der Waals surface area contributed by atoms with Gasteiger partial charge in [0.15, 0.2) is 17.5 Å². The van der Waals surface area contributed by atoms with Gasteiger partial charge in [-0.3, -0.25) is 4.79 Å². The molecule has 0 fully saturated rings. The fourth-order valence-corrected chi connectivity index (χ4v) is 4.29. The van der Waals surface area contributed by atoms with E-state index < -0.39 is 30.3 Å². The first-order valence-corrected chi connectivity index (χ1v) is 11.4. The molecule has 0 radical (unpaired) electrons. The molecule has 0 aliphatic carbocycles. The predicted octanol–water partition coefficient (Wildman–Crippen LogP) is 4.87. The number of rotatable bonds is 7. The molecule has 2 heterocycles. The highest BCUT2D eigenvalue weighted by molar-refractivity contribution is 6.07. The molecule has 9 nitrogen and oxygen atoms in total. The molecule has 1 aliphatic rings. The van der Waals surface area contributed by atoms with Crippen molar-refractivity contribution in [3.8, 4) is 17.2 Å². The number of hydrogen-bond donors (Lipinski definition) is 3. The van der Waals surface area contributed by atoms with E-state index in [2.05, 4.69) is 15.7 Å². The highest BCUT2D eigenvalue weighted by Crippen LogP contribution is 2.47. The number of amides is 1. The van der Waals surface area contributed by atoms with Crippen LogP contribution in [0, 0.1) is 0 Å². The molecule has 0 spiro atoms. The molecule has 0 saturated heterocycles. The summed E-state index contributed by atoms with van der Waals surface area (Å²) in [6.45, 7) is 1.61. The van der Waals surface area contributed by atoms with Crippen molar-refractivity contribution in [1.82, 2.24) is 9.78 Å². The van der Waals surface area contributed by atoms with Crippen LogP contribution in [0.5, 0.6) is 17.2 Å². The van der Waals surface area contributed by atoms with Crippen molar-refractivity contribution < 1.29 is 37.3 Å². The minimum Gasteiger partial charge on any atom is -0.493 e. The number of aliphatic hydroxyl groups excluding tert-OH is 1. The number of methoxy groups -OCH3 is 3. The van der Waals surface area contributed by atoms with Crippen molar-refractivity contribution in [3.63, 3.8) is 0 Å². The maximum atomic E-state index is 14.1. The molecule has 4 rings (SSSR count). The van der Waals surface area contributed by atoms with Crippen LogP contribution < -0.4 is 24.8 Å². The summed E-state index contributed by atoms with van der Waals surface area (Å²) in [6.07, 6.45) is -4.56. The second-order valence-electron chi connectivity index (χ2n) is 8.55. The van der Waals surface area contributed by atoms with Crippen molar-refractivity contribution in [2.45, 2.75) is 37.7 Å². The number of alkyl halides is 3. The SMILES string of the molecule is COc1cc([C@@H]2C[C@H](C(F)(F)F)n3ncc(C(=O)Nc4ccc([C@@H](C)O)cc4)c3N2)cc(OC)c1OC. The van der Waals surface area contributed by atoms with Crippen LogP contribution in [-0.2, 0) is 0 Å². The summed E-state index contributed by atoms with van der Waals surface area (Å²) in [7, 11) is 4.26. The van der Waals surface area contributed by atoms with Gasteiger partial charge in [0.25, 0.3) is 5.91 Å². The van der Waals surface area contributed by atoms with Gasteiger partial charge in [-0.1, -0.05) is 12.1 Å². The maximum absolute atomic E-state index is 14.1. The normalized spacial score (nSPS) is 17.8. The van der Waals surface area contributed by atoms with E-state index in [1.54, 1.807) is 43.3 Å². The molecule has 37 heavy (non-hydrogen) atoms. The van der Waals surface area contributed by atoms with E-state index in [9.17, 15) is 23.1 Å². The number of nitrogens with zero attached hydrogens (tertiary/aromatic N) is 2. The molecule has 0 unspecified atom stereocenters. The van der Waals surface area contributed by atoms with Crippen LogP contribution in [0.25, 0.3) is 0 Å². The number of carbonyl (C=O) groups is 1. The second-order valence-corrected chi connectivity index (χ2v) is 8.55. The first kappa shape index (κ1) is 26.1. The van der Waals surface area contributed by atoms with Crippen LogP contribution >= 0.6 is 0 Å². The quantitative estimate of drug-likeness (QED) is 0.408. The predicted molar refractivity (Wildman–Crippen MR) is 129 cm³/mol. The number of fused-ring (bicyclic) bond motifs is 1. The van der Waals surface area contributed by atoms with Crippen molar-refractivity contribution in [1.29, 1.82) is 0 Å². The molecule has 0 saturated carbocycles. The van der Waals surface area contributed by atoms with E-state index in [-0.39, 0.29) is 17.8 Å². The average Bonchev–Trinajstić information content (AvgIpc) is 3.31. The van der Waals surface area contributed by atoms with Crippen LogP contribution in [0.15, 0.2) is 42.6 Å². The molecule has 1 aliphatic heterocycles. The van der Waals surface area contributed by atoms with Gasteiger partial charge >= 0.3 is 6.18 Å². The topological polar surface area (TPSA) is 107 Å². The van der Waals surface area contributed by atoms with Gasteiger partial charge in [-0.15, -0.1) is 0 Å². The van der Waals surface area contributed by atoms with Gasteiger partial charge in [-0.25, -0.2) is 4.68 Å². The monoisotopic (exact) mass is 520 g/mol. The fraction of sp³-hybridized carbons (Fsp3) is 0.360. The zero-order chi connectivity index (χ0) is 26.9. The number of carbonyl (C=O) groups excluding carboxylic acids is 1. The van der Waals surface area contributed by atoms with Crippen LogP contribution in [0.2, 0.25) is 0 Å². The summed E-state index contributed by atoms with van der Waals surface area (Å²) in [4.78, 5) is 13.1. The second kappa shape index (κ2) is 10.2. The molecule has 198 valence electrons. The zero-order valence-corrected chi connectivity index (χ0v) is 20.6. The Labute approximate surface area is 211 Å². The van der Waals surface area contributed by atoms with Crippen molar-refractivity contribution in [3.05, 3.63) is 59.3 Å². The van der Waals surface area contributed by atoms with Crippen molar-refractivity contribution >= 4 is 17.4 Å². The number of hydrogen-bond acceptors (Lipinski definition) is 7. The Hall–Kier alpha value is -3.93. The highest BCUT2D eigenvalue weighted by atomic mass is 19.4. The Bertz CT molecular complexity index is 1250. The van der Waals surface area contributed by atoms with E-state index in [4.69, 9.17) is 14.2 Å². The van der Waals surface area contributed by atoms with Crippen LogP contribution in [-0.4, -0.2) is 48.3 Å². The van der Waals surface area contributed by atoms with Crippen molar-refractivity contribution in [2.75, 3.05) is 32.0 Å². The molecular formula is C25H27F3N4O5. The van der Waals surface area contributed by atoms with Crippen molar-refractivity contribution in [2.24, 2.45) is 0 Å². The van der Waals surface area contributed by atoms with Crippen LogP contribution in [0.4, 0.5) is 24.7 Å². The summed E-state index contributed by atoms with van der Waals surface area (Å²) in [6, 6.07) is 6.81. The summed E-state index contributed by atoms with van der Waals surface area (Å²) < 4.78 is 59.1. The van der Waals surface area contributed by atoms with Gasteiger partial charge in [0.1, 0.15) is 11.4 Å². The number of anilines is 2. The Morgan fingerprint density at radius 2 is 1.76 bits per heavy atom. The minimum absolute atomic E-state index is 0.0500. The standard InChI is InChI=1S/C25H27F3N4O5/c1-13(33)14-5-7-16(8-6-14)30-24(34)17-12-29-32-21(25(26,27)28)11-18(31-23(17)32)15-9-19(35-2)22(37-4)20(10-15)36-3/h5-10,12-13,18,21,31,33H,11H2,1-4H3,(H,30,34)/t13-,18+,21-/m1/s1. The van der Waals surface area contributed by atoms with Crippen LogP contribution in [0.1, 0.15) is 53.0 Å². The van der Waals surface area contributed by atoms with Gasteiger partial charge in [-0.2, -0.15) is 18.3 Å². The summed E-state index contributed by atoms with van der Waals surface area (Å²) in [5.74, 6) is 0.193. The van der Waals surface area contributed by atoms with E-state index in [1.807, 2.05) is 0 Å². The lowest BCUT2D eigenvalue weighted by Gasteiger charge is -2.34. The fourth-order valence-electron chi connectivity index (χ4n) is 4.29. The molecule has 12 heteroatoms. The number of aromatic nitrogens is 2. The largest absolute Gasteiger partial charge is 0.493 e. The molecule has 3 atom stereocenters. The summed E-state index contributed by atoms with van der Waals surface area (Å²) in [5, 5.41) is 19.3. The molecule has 3 aromatic rings. The van der Waals surface area contributed by atoms with E-state index >= 15 is 0 Å². The average molecular weight is 521 g/mol. The highest BCUT2D eigenvalue weighted by Gasteiger charge is 2.47. The third-order valence-corrected chi connectivity index (χ3v) is 6.22. The van der Waals surface area contributed by atoms with Gasteiger partial charge in [0.05, 0.1) is 39.7 Å². The molecule has 3 N–H and O–H groups in total. The lowest BCUT2D eigenvalue weighted by atomic mass is 9.95. The van der Waals surface area contributed by atoms with Gasteiger partial charge in [0, 0.05) is 12.1 Å². The number of benzene rings is 2. The number of nitrogens with one attached hydrogen (secondary N) is 2. The summed E-state index contributed by atoms with van der Waals surface area (Å²) in [5.41, 5.74) is 1.48. The van der Waals surface area contributed by atoms with E-state index in [1.165, 1.54) is 21.3 Å². The lowest BCUT2D eigenvalue weighted by Crippen LogP contribution is -2.36. The van der Waals surface area contributed by atoms with E-state index in [0.29, 0.717) is 34.1 Å². The Balaban J connectivity index is 1.70. The lowest BCUT2D eigenvalue weighted by molar-refractivity contribution is -0.173. The maximum Gasteiger partial charge on any atom is 0.410 e. The zero-order valence-electron chi connectivity index (χ0n) is 20.6. The number of ether oxygens (including phenoxy) is 3. The Kier molecular flexibility index (Phi) is 7.21. The van der Waals surface area contributed by atoms with Crippen LogP contribution in [0.3, 0.4) is 0 Å². The van der Waals surface area contributed by atoms with Gasteiger partial charge < -0.3 is 30.0 Å². The molecule has 1 aromatic heterocycles. The number of halogens is 3. The van der Waals surface area contributed by atoms with Gasteiger partial charge in [-0.05, 0) is 42.3 Å². The molecule has 2 aromatic carbocycles. The van der Waals surface area contributed by atoms with E-state index in [0.717, 1.165) is 10.9 Å². The Morgan fingerprint density at radius 1 is 1.14 bits per heavy atom. The van der Waals surface area contributed by atoms with Gasteiger partial charge in [0.2, 0.25) is 5.75 Å². The summed E-state index contributed by atoms with van der Waals surface area (Å²) >= 11 is 0. The molecule has 1 amide bonds. The minimum atomic E-state index is -4.62. The number of aliphatic hydroxyl groups is 1. The molecular weight excluding hydrogens is 493 g/mol.